The van der Waals surface area contributed by atoms with E-state index in [4.69, 9.17) is 10.5 Å². The first-order valence-corrected chi connectivity index (χ1v) is 5.12. The van der Waals surface area contributed by atoms with Crippen molar-refractivity contribution in [2.24, 2.45) is 5.92 Å². The number of anilines is 2. The predicted molar refractivity (Wildman–Crippen MR) is 63.2 cm³/mol. The zero-order valence-electron chi connectivity index (χ0n) is 9.80. The summed E-state index contributed by atoms with van der Waals surface area (Å²) in [5, 5.41) is 0. The summed E-state index contributed by atoms with van der Waals surface area (Å²) in [6.07, 6.45) is 2.67. The van der Waals surface area contributed by atoms with E-state index in [0.717, 1.165) is 0 Å². The van der Waals surface area contributed by atoms with E-state index in [1.165, 1.54) is 11.1 Å². The number of nitrogens with zero attached hydrogens (tertiary/aromatic N) is 2. The molecule has 0 radical (unpaired) electrons. The first-order valence-electron chi connectivity index (χ1n) is 5.12. The fourth-order valence-electron chi connectivity index (χ4n) is 1.14. The lowest BCUT2D eigenvalue weighted by atomic mass is 10.2. The van der Waals surface area contributed by atoms with Gasteiger partial charge >= 0.3 is 6.09 Å². The third-order valence-electron chi connectivity index (χ3n) is 2.00. The molecule has 0 atom stereocenters. The van der Waals surface area contributed by atoms with E-state index < -0.39 is 6.09 Å². The van der Waals surface area contributed by atoms with Crippen LogP contribution in [0.4, 0.5) is 16.2 Å². The first-order chi connectivity index (χ1) is 7.52. The second-order valence-electron chi connectivity index (χ2n) is 3.96. The van der Waals surface area contributed by atoms with E-state index in [0.29, 0.717) is 23.9 Å². The van der Waals surface area contributed by atoms with Crippen molar-refractivity contribution in [3.05, 3.63) is 18.5 Å². The second-order valence-corrected chi connectivity index (χ2v) is 3.96. The fraction of sp³-hybridized carbons (Fsp3) is 0.455. The highest BCUT2D eigenvalue weighted by molar-refractivity contribution is 5.90. The number of rotatable bonds is 3. The number of carbonyl (C=O) groups excluding carboxylic acids is 1. The number of nitrogens with two attached hydrogens (primary N) is 1. The summed E-state index contributed by atoms with van der Waals surface area (Å²) >= 11 is 0. The molecule has 0 saturated carbocycles. The lowest BCUT2D eigenvalue weighted by molar-refractivity contribution is 0.141. The van der Waals surface area contributed by atoms with Crippen LogP contribution in [0.25, 0.3) is 0 Å². The standard InChI is InChI=1S/C11H17N3O2/c1-8(2)7-16-11(15)14(3)10-4-5-13-6-9(10)12/h4-6,8H,7,12H2,1-3H3. The molecule has 1 rings (SSSR count). The molecule has 0 aliphatic heterocycles. The Hall–Kier alpha value is -1.78. The van der Waals surface area contributed by atoms with Crippen molar-refractivity contribution in [3.8, 4) is 0 Å². The van der Waals surface area contributed by atoms with Crippen LogP contribution in [0.2, 0.25) is 0 Å². The van der Waals surface area contributed by atoms with Gasteiger partial charge in [0.1, 0.15) is 0 Å². The molecule has 0 unspecified atom stereocenters. The Morgan fingerprint density at radius 3 is 2.88 bits per heavy atom. The van der Waals surface area contributed by atoms with Crippen molar-refractivity contribution in [3.63, 3.8) is 0 Å². The summed E-state index contributed by atoms with van der Waals surface area (Å²) in [4.78, 5) is 16.9. The molecule has 0 fully saturated rings. The number of ether oxygens (including phenoxy) is 1. The Morgan fingerprint density at radius 2 is 2.31 bits per heavy atom. The van der Waals surface area contributed by atoms with Gasteiger partial charge in [-0.3, -0.25) is 9.88 Å². The van der Waals surface area contributed by atoms with Crippen LogP contribution in [0, 0.1) is 5.92 Å². The van der Waals surface area contributed by atoms with E-state index >= 15 is 0 Å². The smallest absolute Gasteiger partial charge is 0.414 e. The Morgan fingerprint density at radius 1 is 1.62 bits per heavy atom. The summed E-state index contributed by atoms with van der Waals surface area (Å²) < 4.78 is 5.09. The number of nitrogen functional groups attached to an aromatic ring is 1. The number of carbonyl (C=O) groups is 1. The SMILES string of the molecule is CC(C)COC(=O)N(C)c1ccncc1N. The summed E-state index contributed by atoms with van der Waals surface area (Å²) in [5.41, 5.74) is 6.75. The summed E-state index contributed by atoms with van der Waals surface area (Å²) in [6, 6.07) is 1.67. The highest BCUT2D eigenvalue weighted by Gasteiger charge is 2.14. The first kappa shape index (κ1) is 12.3. The molecule has 1 amide bonds. The minimum absolute atomic E-state index is 0.312. The average molecular weight is 223 g/mol. The maximum absolute atomic E-state index is 11.6. The van der Waals surface area contributed by atoms with Crippen molar-refractivity contribution in [2.45, 2.75) is 13.8 Å². The van der Waals surface area contributed by atoms with E-state index in [2.05, 4.69) is 4.98 Å². The Balaban J connectivity index is 2.67. The van der Waals surface area contributed by atoms with Crippen molar-refractivity contribution >= 4 is 17.5 Å². The molecule has 0 aromatic carbocycles. The molecule has 88 valence electrons. The number of aromatic nitrogens is 1. The van der Waals surface area contributed by atoms with Crippen LogP contribution in [0.3, 0.4) is 0 Å². The Kier molecular flexibility index (Phi) is 4.10. The molecule has 0 aliphatic rings. The number of amides is 1. The van der Waals surface area contributed by atoms with Gasteiger partial charge in [0.15, 0.2) is 0 Å². The topological polar surface area (TPSA) is 68.5 Å². The van der Waals surface area contributed by atoms with Gasteiger partial charge < -0.3 is 10.5 Å². The molecule has 16 heavy (non-hydrogen) atoms. The number of hydrogen-bond donors (Lipinski definition) is 1. The van der Waals surface area contributed by atoms with Gasteiger partial charge in [-0.2, -0.15) is 0 Å². The summed E-state index contributed by atoms with van der Waals surface area (Å²) in [5.74, 6) is 0.312. The molecule has 0 bridgehead atoms. The molecule has 2 N–H and O–H groups in total. The van der Waals surface area contributed by atoms with Gasteiger partial charge in [0, 0.05) is 13.2 Å². The third kappa shape index (κ3) is 3.12. The van der Waals surface area contributed by atoms with Crippen LogP contribution < -0.4 is 10.6 Å². The predicted octanol–water partition coefficient (Wildman–Crippen LogP) is 1.89. The van der Waals surface area contributed by atoms with E-state index in [9.17, 15) is 4.79 Å². The lowest BCUT2D eigenvalue weighted by Crippen LogP contribution is -2.28. The highest BCUT2D eigenvalue weighted by Crippen LogP contribution is 2.20. The number of hydrogen-bond acceptors (Lipinski definition) is 4. The van der Waals surface area contributed by atoms with Crippen LogP contribution in [0.1, 0.15) is 13.8 Å². The lowest BCUT2D eigenvalue weighted by Gasteiger charge is -2.19. The van der Waals surface area contributed by atoms with Gasteiger partial charge in [0.25, 0.3) is 0 Å². The molecular formula is C11H17N3O2. The van der Waals surface area contributed by atoms with E-state index in [1.807, 2.05) is 13.8 Å². The average Bonchev–Trinajstić information content (AvgIpc) is 2.25. The van der Waals surface area contributed by atoms with Gasteiger partial charge in [-0.1, -0.05) is 13.8 Å². The van der Waals surface area contributed by atoms with Gasteiger partial charge in [-0.25, -0.2) is 4.79 Å². The minimum atomic E-state index is -0.411. The maximum Gasteiger partial charge on any atom is 0.414 e. The van der Waals surface area contributed by atoms with Gasteiger partial charge in [0.05, 0.1) is 24.2 Å². The third-order valence-corrected chi connectivity index (χ3v) is 2.00. The molecule has 0 saturated heterocycles. The molecule has 5 nitrogen and oxygen atoms in total. The molecular weight excluding hydrogens is 206 g/mol. The highest BCUT2D eigenvalue weighted by atomic mass is 16.6. The van der Waals surface area contributed by atoms with Crippen LogP contribution in [0.15, 0.2) is 18.5 Å². The quantitative estimate of drug-likeness (QED) is 0.849. The van der Waals surface area contributed by atoms with Crippen molar-refractivity contribution in [2.75, 3.05) is 24.3 Å². The van der Waals surface area contributed by atoms with E-state index in [-0.39, 0.29) is 0 Å². The Labute approximate surface area is 95.2 Å². The molecule has 1 aromatic heterocycles. The monoisotopic (exact) mass is 223 g/mol. The van der Waals surface area contributed by atoms with Gasteiger partial charge in [0.2, 0.25) is 0 Å². The number of pyridine rings is 1. The van der Waals surface area contributed by atoms with Crippen molar-refractivity contribution < 1.29 is 9.53 Å². The maximum atomic E-state index is 11.6. The van der Waals surface area contributed by atoms with Crippen LogP contribution in [0.5, 0.6) is 0 Å². The van der Waals surface area contributed by atoms with Gasteiger partial charge in [-0.05, 0) is 12.0 Å². The summed E-state index contributed by atoms with van der Waals surface area (Å²) in [6.45, 7) is 4.36. The second kappa shape index (κ2) is 5.34. The largest absolute Gasteiger partial charge is 0.449 e. The fourth-order valence-corrected chi connectivity index (χ4v) is 1.14. The van der Waals surface area contributed by atoms with Crippen molar-refractivity contribution in [1.29, 1.82) is 0 Å². The molecule has 5 heteroatoms. The van der Waals surface area contributed by atoms with Crippen LogP contribution in [-0.4, -0.2) is 24.7 Å². The molecule has 1 heterocycles. The zero-order chi connectivity index (χ0) is 12.1. The molecule has 0 spiro atoms. The van der Waals surface area contributed by atoms with Gasteiger partial charge in [-0.15, -0.1) is 0 Å². The Bertz CT molecular complexity index is 366. The van der Waals surface area contributed by atoms with Crippen molar-refractivity contribution in [1.82, 2.24) is 4.98 Å². The van der Waals surface area contributed by atoms with Crippen LogP contribution >= 0.6 is 0 Å². The van der Waals surface area contributed by atoms with Crippen LogP contribution in [-0.2, 0) is 4.74 Å². The molecule has 1 aromatic rings. The molecule has 0 aliphatic carbocycles. The minimum Gasteiger partial charge on any atom is -0.449 e. The normalized spacial score (nSPS) is 10.2. The zero-order valence-corrected chi connectivity index (χ0v) is 9.80. The van der Waals surface area contributed by atoms with E-state index in [1.54, 1.807) is 19.3 Å². The summed E-state index contributed by atoms with van der Waals surface area (Å²) in [7, 11) is 1.62.